The van der Waals surface area contributed by atoms with E-state index in [0.717, 1.165) is 5.69 Å². The van der Waals surface area contributed by atoms with Crippen LogP contribution >= 0.6 is 0 Å². The standard InChI is InChI=1S/C11H13N5O/c1-7-4-9(8(2)15-14-7)10(17)5-11-12-6-13-16(11)3/h4,6H,5H2,1-3H3. The van der Waals surface area contributed by atoms with E-state index in [1.54, 1.807) is 24.7 Å². The van der Waals surface area contributed by atoms with Crippen LogP contribution in [0.4, 0.5) is 0 Å². The highest BCUT2D eigenvalue weighted by molar-refractivity contribution is 5.98. The van der Waals surface area contributed by atoms with E-state index in [-0.39, 0.29) is 12.2 Å². The van der Waals surface area contributed by atoms with Crippen molar-refractivity contribution in [1.29, 1.82) is 0 Å². The Labute approximate surface area is 98.7 Å². The van der Waals surface area contributed by atoms with Gasteiger partial charge in [0.1, 0.15) is 12.2 Å². The molecule has 6 nitrogen and oxygen atoms in total. The van der Waals surface area contributed by atoms with E-state index < -0.39 is 0 Å². The maximum Gasteiger partial charge on any atom is 0.172 e. The Morgan fingerprint density at radius 2 is 2.12 bits per heavy atom. The average molecular weight is 231 g/mol. The zero-order chi connectivity index (χ0) is 12.4. The van der Waals surface area contributed by atoms with E-state index in [9.17, 15) is 4.79 Å². The van der Waals surface area contributed by atoms with Crippen molar-refractivity contribution in [3.05, 3.63) is 35.2 Å². The first kappa shape index (κ1) is 11.4. The Hall–Kier alpha value is -2.11. The lowest BCUT2D eigenvalue weighted by atomic mass is 10.1. The maximum atomic E-state index is 12.1. The second kappa shape index (κ2) is 4.40. The lowest BCUT2D eigenvalue weighted by Gasteiger charge is -2.04. The van der Waals surface area contributed by atoms with E-state index >= 15 is 0 Å². The van der Waals surface area contributed by atoms with E-state index in [4.69, 9.17) is 0 Å². The molecular formula is C11H13N5O. The van der Waals surface area contributed by atoms with Crippen molar-refractivity contribution in [2.75, 3.05) is 0 Å². The minimum atomic E-state index is -0.0170. The van der Waals surface area contributed by atoms with Crippen LogP contribution in [-0.2, 0) is 13.5 Å². The molecule has 2 aromatic rings. The fourth-order valence-electron chi connectivity index (χ4n) is 1.55. The quantitative estimate of drug-likeness (QED) is 0.725. The number of aryl methyl sites for hydroxylation is 3. The zero-order valence-corrected chi connectivity index (χ0v) is 10.0. The number of aromatic nitrogens is 5. The van der Waals surface area contributed by atoms with Gasteiger partial charge in [0.25, 0.3) is 0 Å². The molecule has 0 atom stereocenters. The molecule has 0 spiro atoms. The van der Waals surface area contributed by atoms with Crippen LogP contribution in [-0.4, -0.2) is 30.7 Å². The smallest absolute Gasteiger partial charge is 0.172 e. The molecule has 0 saturated heterocycles. The summed E-state index contributed by atoms with van der Waals surface area (Å²) >= 11 is 0. The number of hydrogen-bond acceptors (Lipinski definition) is 5. The van der Waals surface area contributed by atoms with Crippen molar-refractivity contribution in [3.8, 4) is 0 Å². The molecule has 0 amide bonds. The molecule has 2 rings (SSSR count). The molecular weight excluding hydrogens is 218 g/mol. The third kappa shape index (κ3) is 2.35. The topological polar surface area (TPSA) is 73.6 Å². The van der Waals surface area contributed by atoms with Gasteiger partial charge in [-0.2, -0.15) is 15.3 Å². The van der Waals surface area contributed by atoms with Gasteiger partial charge in [0, 0.05) is 12.6 Å². The summed E-state index contributed by atoms with van der Waals surface area (Å²) < 4.78 is 1.59. The van der Waals surface area contributed by atoms with E-state index in [0.29, 0.717) is 17.1 Å². The molecule has 0 fully saturated rings. The molecule has 0 aliphatic carbocycles. The van der Waals surface area contributed by atoms with Crippen LogP contribution in [0.25, 0.3) is 0 Å². The normalized spacial score (nSPS) is 10.5. The number of carbonyl (C=O) groups is 1. The van der Waals surface area contributed by atoms with Gasteiger partial charge in [0.2, 0.25) is 0 Å². The first-order chi connectivity index (χ1) is 8.08. The minimum Gasteiger partial charge on any atom is -0.294 e. The van der Waals surface area contributed by atoms with Crippen LogP contribution in [0, 0.1) is 13.8 Å². The SMILES string of the molecule is Cc1cc(C(=O)Cc2ncnn2C)c(C)nn1. The Balaban J connectivity index is 2.26. The number of nitrogens with zero attached hydrogens (tertiary/aromatic N) is 5. The van der Waals surface area contributed by atoms with Crippen molar-refractivity contribution >= 4 is 5.78 Å². The summed E-state index contributed by atoms with van der Waals surface area (Å²) in [6, 6.07) is 1.75. The molecule has 88 valence electrons. The van der Waals surface area contributed by atoms with Crippen LogP contribution < -0.4 is 0 Å². The molecule has 0 aliphatic heterocycles. The summed E-state index contributed by atoms with van der Waals surface area (Å²) in [6.07, 6.45) is 1.66. The van der Waals surface area contributed by atoms with Crippen LogP contribution in [0.2, 0.25) is 0 Å². The summed E-state index contributed by atoms with van der Waals surface area (Å²) in [6.45, 7) is 3.59. The molecule has 0 N–H and O–H groups in total. The van der Waals surface area contributed by atoms with Gasteiger partial charge in [-0.1, -0.05) is 0 Å². The highest BCUT2D eigenvalue weighted by Gasteiger charge is 2.14. The second-order valence-electron chi connectivity index (χ2n) is 3.88. The number of carbonyl (C=O) groups excluding carboxylic acids is 1. The summed E-state index contributed by atoms with van der Waals surface area (Å²) in [5, 5.41) is 11.8. The van der Waals surface area contributed by atoms with Gasteiger partial charge in [0.05, 0.1) is 17.8 Å². The van der Waals surface area contributed by atoms with E-state index in [2.05, 4.69) is 20.3 Å². The fraction of sp³-hybridized carbons (Fsp3) is 0.364. The van der Waals surface area contributed by atoms with Gasteiger partial charge in [-0.15, -0.1) is 0 Å². The van der Waals surface area contributed by atoms with Crippen LogP contribution in [0.5, 0.6) is 0 Å². The minimum absolute atomic E-state index is 0.0170. The number of Topliss-reactive ketones (excluding diaryl/α,β-unsaturated/α-hetero) is 1. The van der Waals surface area contributed by atoms with Crippen molar-refractivity contribution in [1.82, 2.24) is 25.0 Å². The molecule has 0 radical (unpaired) electrons. The van der Waals surface area contributed by atoms with E-state index in [1.807, 2.05) is 6.92 Å². The van der Waals surface area contributed by atoms with E-state index in [1.165, 1.54) is 6.33 Å². The van der Waals surface area contributed by atoms with Crippen LogP contribution in [0.3, 0.4) is 0 Å². The number of rotatable bonds is 3. The maximum absolute atomic E-state index is 12.1. The van der Waals surface area contributed by atoms with Gasteiger partial charge in [-0.25, -0.2) is 4.98 Å². The third-order valence-corrected chi connectivity index (χ3v) is 2.52. The van der Waals surface area contributed by atoms with Gasteiger partial charge in [0.15, 0.2) is 5.78 Å². The monoisotopic (exact) mass is 231 g/mol. The highest BCUT2D eigenvalue weighted by atomic mass is 16.1. The summed E-state index contributed by atoms with van der Waals surface area (Å²) in [5.74, 6) is 0.625. The zero-order valence-electron chi connectivity index (χ0n) is 10.0. The Morgan fingerprint density at radius 1 is 1.35 bits per heavy atom. The molecule has 0 aromatic carbocycles. The predicted molar refractivity (Wildman–Crippen MR) is 60.5 cm³/mol. The molecule has 0 aliphatic rings. The Morgan fingerprint density at radius 3 is 2.76 bits per heavy atom. The lowest BCUT2D eigenvalue weighted by Crippen LogP contribution is -2.12. The summed E-state index contributed by atoms with van der Waals surface area (Å²) in [4.78, 5) is 16.1. The van der Waals surface area contributed by atoms with Crippen molar-refractivity contribution < 1.29 is 4.79 Å². The lowest BCUT2D eigenvalue weighted by molar-refractivity contribution is 0.0988. The van der Waals surface area contributed by atoms with Crippen LogP contribution in [0.15, 0.2) is 12.4 Å². The largest absolute Gasteiger partial charge is 0.294 e. The summed E-state index contributed by atoms with van der Waals surface area (Å²) in [5.41, 5.74) is 1.97. The second-order valence-corrected chi connectivity index (χ2v) is 3.88. The Kier molecular flexibility index (Phi) is 2.95. The first-order valence-corrected chi connectivity index (χ1v) is 5.25. The van der Waals surface area contributed by atoms with Gasteiger partial charge in [-0.05, 0) is 19.9 Å². The predicted octanol–water partition coefficient (Wildman–Crippen LogP) is 0.647. The fourth-order valence-corrected chi connectivity index (χ4v) is 1.55. The Bertz CT molecular complexity index is 561. The average Bonchev–Trinajstić information content (AvgIpc) is 2.68. The molecule has 0 unspecified atom stereocenters. The third-order valence-electron chi connectivity index (χ3n) is 2.52. The molecule has 6 heteroatoms. The van der Waals surface area contributed by atoms with Gasteiger partial charge in [-0.3, -0.25) is 9.48 Å². The molecule has 0 saturated carbocycles. The summed E-state index contributed by atoms with van der Waals surface area (Å²) in [7, 11) is 1.76. The molecule has 17 heavy (non-hydrogen) atoms. The number of ketones is 1. The molecule has 0 bridgehead atoms. The van der Waals surface area contributed by atoms with Crippen molar-refractivity contribution in [2.45, 2.75) is 20.3 Å². The number of hydrogen-bond donors (Lipinski definition) is 0. The van der Waals surface area contributed by atoms with Crippen molar-refractivity contribution in [3.63, 3.8) is 0 Å². The van der Waals surface area contributed by atoms with Crippen molar-refractivity contribution in [2.24, 2.45) is 7.05 Å². The van der Waals surface area contributed by atoms with Crippen LogP contribution in [0.1, 0.15) is 27.6 Å². The molecule has 2 aromatic heterocycles. The van der Waals surface area contributed by atoms with Gasteiger partial charge >= 0.3 is 0 Å². The van der Waals surface area contributed by atoms with Gasteiger partial charge < -0.3 is 0 Å². The molecule has 2 heterocycles. The first-order valence-electron chi connectivity index (χ1n) is 5.25. The highest BCUT2D eigenvalue weighted by Crippen LogP contribution is 2.09.